The first kappa shape index (κ1) is 51.2. The summed E-state index contributed by atoms with van der Waals surface area (Å²) in [6, 6.07) is -0.856. The Labute approximate surface area is 324 Å². The SMILES string of the molecule is CC/C=C\C/C=C\C/C=C\C/C=C\C=C\C(O)CCCC(=O)N[C@@H](COP(=O)(O)OCC[N+](C)(C)C)[C@H](O)CCCCCCCCCCCCCCC. The molecular weight excluding hydrogens is 687 g/mol. The molecule has 0 saturated heterocycles. The van der Waals surface area contributed by atoms with E-state index in [4.69, 9.17) is 9.05 Å². The lowest BCUT2D eigenvalue weighted by Gasteiger charge is -2.26. The summed E-state index contributed by atoms with van der Waals surface area (Å²) in [4.78, 5) is 23.1. The zero-order valence-corrected chi connectivity index (χ0v) is 35.2. The van der Waals surface area contributed by atoms with Gasteiger partial charge in [-0.1, -0.05) is 158 Å². The normalized spacial score (nSPS) is 15.7. The van der Waals surface area contributed by atoms with E-state index < -0.39 is 26.1 Å². The molecule has 0 aromatic rings. The van der Waals surface area contributed by atoms with Gasteiger partial charge in [-0.2, -0.15) is 0 Å². The van der Waals surface area contributed by atoms with Gasteiger partial charge in [0.1, 0.15) is 13.2 Å². The van der Waals surface area contributed by atoms with E-state index in [1.165, 1.54) is 64.2 Å². The second-order valence-corrected chi connectivity index (χ2v) is 16.6. The summed E-state index contributed by atoms with van der Waals surface area (Å²) in [7, 11) is 1.48. The summed E-state index contributed by atoms with van der Waals surface area (Å²) in [6.45, 7) is 4.58. The number of phosphoric acid groups is 1. The second-order valence-electron chi connectivity index (χ2n) is 15.2. The number of phosphoric ester groups is 1. The van der Waals surface area contributed by atoms with Gasteiger partial charge in [0, 0.05) is 6.42 Å². The molecular formula is C43H80N2O7P+. The Hall–Kier alpha value is -1.84. The first-order chi connectivity index (χ1) is 25.4. The minimum atomic E-state index is -4.37. The second kappa shape index (κ2) is 34.6. The molecule has 0 aliphatic rings. The van der Waals surface area contributed by atoms with Gasteiger partial charge in [-0.25, -0.2) is 4.57 Å². The van der Waals surface area contributed by atoms with E-state index in [1.807, 2.05) is 39.4 Å². The number of carbonyl (C=O) groups excluding carboxylic acids is 1. The van der Waals surface area contributed by atoms with Crippen LogP contribution in [-0.4, -0.2) is 84.6 Å². The Kier molecular flexibility index (Phi) is 33.4. The Morgan fingerprint density at radius 1 is 0.698 bits per heavy atom. The molecule has 308 valence electrons. The van der Waals surface area contributed by atoms with Gasteiger partial charge in [-0.15, -0.1) is 0 Å². The minimum absolute atomic E-state index is 0.0366. The van der Waals surface area contributed by atoms with Gasteiger partial charge in [0.25, 0.3) is 0 Å². The van der Waals surface area contributed by atoms with Gasteiger partial charge in [0.15, 0.2) is 0 Å². The third-order valence-electron chi connectivity index (χ3n) is 8.88. The van der Waals surface area contributed by atoms with Gasteiger partial charge >= 0.3 is 7.82 Å². The number of hydrogen-bond donors (Lipinski definition) is 4. The Balaban J connectivity index is 4.65. The summed E-state index contributed by atoms with van der Waals surface area (Å²) < 4.78 is 23.5. The molecule has 0 radical (unpaired) electrons. The van der Waals surface area contributed by atoms with Gasteiger partial charge in [-0.05, 0) is 44.9 Å². The maximum atomic E-state index is 12.9. The van der Waals surface area contributed by atoms with Gasteiger partial charge < -0.3 is 24.9 Å². The van der Waals surface area contributed by atoms with Crippen LogP contribution in [-0.2, 0) is 18.4 Å². The van der Waals surface area contributed by atoms with Crippen molar-refractivity contribution in [1.29, 1.82) is 0 Å². The molecule has 0 rings (SSSR count). The van der Waals surface area contributed by atoms with Crippen LogP contribution in [0.2, 0.25) is 0 Å². The summed E-state index contributed by atoms with van der Waals surface area (Å²) in [5.74, 6) is -0.308. The highest BCUT2D eigenvalue weighted by atomic mass is 31.2. The van der Waals surface area contributed by atoms with Crippen LogP contribution in [0.3, 0.4) is 0 Å². The molecule has 2 unspecified atom stereocenters. The molecule has 0 aromatic heterocycles. The molecule has 0 fully saturated rings. The number of aliphatic hydroxyl groups excluding tert-OH is 2. The van der Waals surface area contributed by atoms with E-state index in [0.29, 0.717) is 30.3 Å². The van der Waals surface area contributed by atoms with Crippen molar-refractivity contribution in [1.82, 2.24) is 5.32 Å². The van der Waals surface area contributed by atoms with Gasteiger partial charge in [0.2, 0.25) is 5.91 Å². The molecule has 0 aliphatic heterocycles. The lowest BCUT2D eigenvalue weighted by Crippen LogP contribution is -2.46. The summed E-state index contributed by atoms with van der Waals surface area (Å²) >= 11 is 0. The van der Waals surface area contributed by atoms with Crippen LogP contribution in [0.4, 0.5) is 0 Å². The maximum Gasteiger partial charge on any atom is 0.472 e. The number of carbonyl (C=O) groups is 1. The van der Waals surface area contributed by atoms with Crippen LogP contribution in [0.1, 0.15) is 149 Å². The Morgan fingerprint density at radius 3 is 1.77 bits per heavy atom. The van der Waals surface area contributed by atoms with Crippen molar-refractivity contribution in [3.05, 3.63) is 60.8 Å². The average Bonchev–Trinajstić information content (AvgIpc) is 3.09. The first-order valence-corrected chi connectivity index (χ1v) is 22.3. The first-order valence-electron chi connectivity index (χ1n) is 20.8. The number of quaternary nitrogens is 1. The number of amides is 1. The lowest BCUT2D eigenvalue weighted by molar-refractivity contribution is -0.870. The molecule has 0 aromatic carbocycles. The van der Waals surface area contributed by atoms with Crippen molar-refractivity contribution in [3.63, 3.8) is 0 Å². The van der Waals surface area contributed by atoms with E-state index in [-0.39, 0.29) is 25.5 Å². The largest absolute Gasteiger partial charge is 0.472 e. The summed E-state index contributed by atoms with van der Waals surface area (Å²) in [5.41, 5.74) is 0. The highest BCUT2D eigenvalue weighted by Crippen LogP contribution is 2.43. The molecule has 0 spiro atoms. The van der Waals surface area contributed by atoms with Crippen molar-refractivity contribution in [3.8, 4) is 0 Å². The number of aliphatic hydroxyl groups is 2. The van der Waals surface area contributed by atoms with Crippen molar-refractivity contribution >= 4 is 13.7 Å². The molecule has 4 N–H and O–H groups in total. The molecule has 10 heteroatoms. The molecule has 0 saturated carbocycles. The van der Waals surface area contributed by atoms with Gasteiger partial charge in [-0.3, -0.25) is 13.8 Å². The molecule has 9 nitrogen and oxygen atoms in total. The fraction of sp³-hybridized carbons (Fsp3) is 0.744. The van der Waals surface area contributed by atoms with E-state index in [1.54, 1.807) is 6.08 Å². The molecule has 53 heavy (non-hydrogen) atoms. The molecule has 0 bridgehead atoms. The monoisotopic (exact) mass is 768 g/mol. The fourth-order valence-corrected chi connectivity index (χ4v) is 6.28. The molecule has 0 heterocycles. The van der Waals surface area contributed by atoms with Crippen LogP contribution in [0, 0.1) is 0 Å². The number of rotatable bonds is 36. The third kappa shape index (κ3) is 36.9. The highest BCUT2D eigenvalue weighted by molar-refractivity contribution is 7.47. The predicted octanol–water partition coefficient (Wildman–Crippen LogP) is 10.0. The number of nitrogens with zero attached hydrogens (tertiary/aromatic N) is 1. The zero-order chi connectivity index (χ0) is 39.5. The van der Waals surface area contributed by atoms with Crippen molar-refractivity contribution < 1.29 is 38.0 Å². The number of likely N-dealkylation sites (N-methyl/N-ethyl adjacent to an activating group) is 1. The maximum absolute atomic E-state index is 12.9. The number of allylic oxidation sites excluding steroid dienone is 9. The van der Waals surface area contributed by atoms with Crippen molar-refractivity contribution in [2.45, 2.75) is 167 Å². The third-order valence-corrected chi connectivity index (χ3v) is 9.87. The van der Waals surface area contributed by atoms with E-state index >= 15 is 0 Å². The Morgan fingerprint density at radius 2 is 1.23 bits per heavy atom. The van der Waals surface area contributed by atoms with Crippen LogP contribution in [0.15, 0.2) is 60.8 Å². The van der Waals surface area contributed by atoms with Gasteiger partial charge in [0.05, 0.1) is 46.0 Å². The minimum Gasteiger partial charge on any atom is -0.391 e. The van der Waals surface area contributed by atoms with Crippen molar-refractivity contribution in [2.24, 2.45) is 0 Å². The fourth-order valence-electron chi connectivity index (χ4n) is 5.54. The van der Waals surface area contributed by atoms with Crippen LogP contribution < -0.4 is 5.32 Å². The average molecular weight is 768 g/mol. The smallest absolute Gasteiger partial charge is 0.391 e. The number of nitrogens with one attached hydrogen (secondary N) is 1. The van der Waals surface area contributed by atoms with E-state index in [0.717, 1.165) is 44.9 Å². The molecule has 0 aliphatic carbocycles. The standard InChI is InChI=1S/C43H79N2O7P/c1-6-8-10-12-14-16-18-20-22-24-26-28-30-33-40(46)34-32-36-43(48)44-41(39-52-53(49,50)51-38-37-45(3,4)5)42(47)35-31-29-27-25-23-21-19-17-15-13-11-9-7-2/h8,10,14,16,20,22,26,28,30,33,40-42,46-47H,6-7,9,11-13,15,17-19,21,23-25,27,29,31-32,34-39H2,1-5H3,(H-,44,48,49,50)/p+1/b10-8-,16-14-,22-20-,28-26-,33-30+/t40?,41-,42+/m0/s1. The van der Waals surface area contributed by atoms with E-state index in [2.05, 4.69) is 55.6 Å². The lowest BCUT2D eigenvalue weighted by atomic mass is 10.0. The number of unbranched alkanes of at least 4 members (excludes halogenated alkanes) is 12. The quantitative estimate of drug-likeness (QED) is 0.0164. The Bertz CT molecular complexity index is 1070. The van der Waals surface area contributed by atoms with Crippen LogP contribution >= 0.6 is 7.82 Å². The summed E-state index contributed by atoms with van der Waals surface area (Å²) in [6.07, 6.45) is 39.8. The highest BCUT2D eigenvalue weighted by Gasteiger charge is 2.28. The zero-order valence-electron chi connectivity index (χ0n) is 34.3. The van der Waals surface area contributed by atoms with Crippen LogP contribution in [0.5, 0.6) is 0 Å². The van der Waals surface area contributed by atoms with E-state index in [9.17, 15) is 24.5 Å². The van der Waals surface area contributed by atoms with Crippen molar-refractivity contribution in [2.75, 3.05) is 40.9 Å². The predicted molar refractivity (Wildman–Crippen MR) is 223 cm³/mol. The molecule has 1 amide bonds. The number of hydrogen-bond acceptors (Lipinski definition) is 6. The molecule has 4 atom stereocenters. The summed E-state index contributed by atoms with van der Waals surface area (Å²) in [5, 5.41) is 24.1. The topological polar surface area (TPSA) is 125 Å². The van der Waals surface area contributed by atoms with Crippen LogP contribution in [0.25, 0.3) is 0 Å².